The van der Waals surface area contributed by atoms with Gasteiger partial charge in [0.2, 0.25) is 0 Å². The van der Waals surface area contributed by atoms with Crippen LogP contribution in [0.3, 0.4) is 0 Å². The van der Waals surface area contributed by atoms with Gasteiger partial charge in [-0.3, -0.25) is 0 Å². The van der Waals surface area contributed by atoms with Crippen LogP contribution in [0.5, 0.6) is 0 Å². The molecule has 0 radical (unpaired) electrons. The van der Waals surface area contributed by atoms with Crippen molar-refractivity contribution in [1.82, 2.24) is 0 Å². The largest absolute Gasteiger partial charge is 0.388 e. The van der Waals surface area contributed by atoms with Crippen molar-refractivity contribution in [3.05, 3.63) is 56.4 Å². The molecule has 0 saturated carbocycles. The maximum Gasteiger partial charge on any atom is 0.137 e. The number of hydrogen-bond donors (Lipinski definition) is 2. The van der Waals surface area contributed by atoms with E-state index in [9.17, 15) is 9.50 Å². The van der Waals surface area contributed by atoms with Crippen LogP contribution >= 0.6 is 27.3 Å². The molecule has 18 heavy (non-hydrogen) atoms. The molecule has 1 aromatic carbocycles. The number of halogens is 2. The van der Waals surface area contributed by atoms with E-state index in [0.29, 0.717) is 16.6 Å². The molecule has 0 fully saturated rings. The molecule has 2 aromatic rings. The van der Waals surface area contributed by atoms with Crippen LogP contribution in [0.25, 0.3) is 0 Å². The first-order valence-corrected chi connectivity index (χ1v) is 7.17. The van der Waals surface area contributed by atoms with Crippen LogP contribution in [0, 0.1) is 5.82 Å². The van der Waals surface area contributed by atoms with E-state index in [1.54, 1.807) is 23.5 Å². The summed E-state index contributed by atoms with van der Waals surface area (Å²) in [7, 11) is 0. The lowest BCUT2D eigenvalue weighted by molar-refractivity contribution is 0.148. The van der Waals surface area contributed by atoms with Crippen molar-refractivity contribution < 1.29 is 9.50 Å². The van der Waals surface area contributed by atoms with Gasteiger partial charge >= 0.3 is 0 Å². The molecule has 1 aromatic heterocycles. The van der Waals surface area contributed by atoms with E-state index in [4.69, 9.17) is 5.73 Å². The third kappa shape index (κ3) is 2.80. The van der Waals surface area contributed by atoms with Crippen LogP contribution < -0.4 is 5.73 Å². The van der Waals surface area contributed by atoms with Crippen LogP contribution in [-0.2, 0) is 0 Å². The first kappa shape index (κ1) is 13.7. The Hall–Kier alpha value is -0.750. The summed E-state index contributed by atoms with van der Waals surface area (Å²) >= 11 is 4.63. The van der Waals surface area contributed by atoms with Crippen molar-refractivity contribution in [3.8, 4) is 0 Å². The standard InChI is InChI=1S/C13H13BrFNOS/c14-10-4-3-8(6-11(10)15)13(17)9(7-16)12-2-1-5-18-12/h1-6,9,13,17H,7,16H2. The minimum atomic E-state index is -0.795. The fourth-order valence-corrected chi connectivity index (χ4v) is 2.95. The Morgan fingerprint density at radius 2 is 2.17 bits per heavy atom. The number of benzene rings is 1. The van der Waals surface area contributed by atoms with E-state index in [2.05, 4.69) is 15.9 Å². The molecular weight excluding hydrogens is 317 g/mol. The smallest absolute Gasteiger partial charge is 0.137 e. The summed E-state index contributed by atoms with van der Waals surface area (Å²) < 4.78 is 13.9. The highest BCUT2D eigenvalue weighted by atomic mass is 79.9. The highest BCUT2D eigenvalue weighted by Crippen LogP contribution is 2.33. The summed E-state index contributed by atoms with van der Waals surface area (Å²) in [4.78, 5) is 1.01. The number of nitrogens with two attached hydrogens (primary N) is 1. The topological polar surface area (TPSA) is 46.2 Å². The summed E-state index contributed by atoms with van der Waals surface area (Å²) in [5.41, 5.74) is 6.26. The van der Waals surface area contributed by atoms with Crippen LogP contribution in [-0.4, -0.2) is 11.7 Å². The minimum Gasteiger partial charge on any atom is -0.388 e. The van der Waals surface area contributed by atoms with Crippen LogP contribution in [0.1, 0.15) is 22.5 Å². The highest BCUT2D eigenvalue weighted by Gasteiger charge is 2.23. The molecule has 2 rings (SSSR count). The van der Waals surface area contributed by atoms with Gasteiger partial charge in [-0.2, -0.15) is 0 Å². The molecule has 3 N–H and O–H groups in total. The van der Waals surface area contributed by atoms with Gasteiger partial charge in [-0.25, -0.2) is 4.39 Å². The molecule has 0 bridgehead atoms. The van der Waals surface area contributed by atoms with E-state index < -0.39 is 6.10 Å². The molecule has 1 heterocycles. The van der Waals surface area contributed by atoms with E-state index >= 15 is 0 Å². The van der Waals surface area contributed by atoms with Crippen LogP contribution in [0.15, 0.2) is 40.2 Å². The third-order valence-electron chi connectivity index (χ3n) is 2.83. The second-order valence-electron chi connectivity index (χ2n) is 3.98. The number of aliphatic hydroxyl groups is 1. The molecule has 0 aliphatic carbocycles. The maximum atomic E-state index is 13.5. The Morgan fingerprint density at radius 1 is 1.39 bits per heavy atom. The second kappa shape index (κ2) is 5.93. The van der Waals surface area contributed by atoms with E-state index in [0.717, 1.165) is 4.88 Å². The summed E-state index contributed by atoms with van der Waals surface area (Å²) in [6, 6.07) is 8.48. The molecule has 0 spiro atoms. The summed E-state index contributed by atoms with van der Waals surface area (Å²) in [5, 5.41) is 12.2. The predicted octanol–water partition coefficient (Wildman–Crippen LogP) is 3.43. The third-order valence-corrected chi connectivity index (χ3v) is 4.48. The molecule has 2 atom stereocenters. The average Bonchev–Trinajstić information content (AvgIpc) is 2.87. The number of aliphatic hydroxyl groups excluding tert-OH is 1. The quantitative estimate of drug-likeness (QED) is 0.902. The van der Waals surface area contributed by atoms with E-state index in [-0.39, 0.29) is 11.7 Å². The normalized spacial score (nSPS) is 14.4. The van der Waals surface area contributed by atoms with Crippen molar-refractivity contribution in [2.75, 3.05) is 6.54 Å². The van der Waals surface area contributed by atoms with Gasteiger partial charge in [-0.05, 0) is 45.1 Å². The number of thiophene rings is 1. The minimum absolute atomic E-state index is 0.203. The van der Waals surface area contributed by atoms with Gasteiger partial charge in [0.05, 0.1) is 10.6 Å². The zero-order chi connectivity index (χ0) is 13.1. The molecule has 0 aliphatic heterocycles. The Bertz CT molecular complexity index is 518. The van der Waals surface area contributed by atoms with Crippen molar-refractivity contribution in [2.24, 2.45) is 5.73 Å². The molecule has 0 aliphatic rings. The van der Waals surface area contributed by atoms with Gasteiger partial charge in [0.15, 0.2) is 0 Å². The summed E-state index contributed by atoms with van der Waals surface area (Å²) in [6.45, 7) is 0.319. The zero-order valence-electron chi connectivity index (χ0n) is 9.51. The van der Waals surface area contributed by atoms with Crippen molar-refractivity contribution in [1.29, 1.82) is 0 Å². The predicted molar refractivity (Wildman–Crippen MR) is 75.2 cm³/mol. The van der Waals surface area contributed by atoms with Crippen LogP contribution in [0.4, 0.5) is 4.39 Å². The fraction of sp³-hybridized carbons (Fsp3) is 0.231. The molecular formula is C13H13BrFNOS. The lowest BCUT2D eigenvalue weighted by Gasteiger charge is -2.20. The first-order valence-electron chi connectivity index (χ1n) is 5.50. The number of hydrogen-bond acceptors (Lipinski definition) is 3. The van der Waals surface area contributed by atoms with E-state index in [1.807, 2.05) is 17.5 Å². The second-order valence-corrected chi connectivity index (χ2v) is 5.81. The van der Waals surface area contributed by atoms with Crippen molar-refractivity contribution in [3.63, 3.8) is 0 Å². The van der Waals surface area contributed by atoms with Crippen molar-refractivity contribution >= 4 is 27.3 Å². The maximum absolute atomic E-state index is 13.5. The van der Waals surface area contributed by atoms with Gasteiger partial charge < -0.3 is 10.8 Å². The Balaban J connectivity index is 2.28. The van der Waals surface area contributed by atoms with Crippen molar-refractivity contribution in [2.45, 2.75) is 12.0 Å². The molecule has 96 valence electrons. The SMILES string of the molecule is NCC(c1cccs1)C(O)c1ccc(Br)c(F)c1. The van der Waals surface area contributed by atoms with Gasteiger partial charge in [-0.15, -0.1) is 11.3 Å². The van der Waals surface area contributed by atoms with Gasteiger partial charge in [0, 0.05) is 17.3 Å². The Morgan fingerprint density at radius 3 is 2.72 bits per heavy atom. The van der Waals surface area contributed by atoms with Gasteiger partial charge in [-0.1, -0.05) is 12.1 Å². The monoisotopic (exact) mass is 329 g/mol. The van der Waals surface area contributed by atoms with Crippen LogP contribution in [0.2, 0.25) is 0 Å². The zero-order valence-corrected chi connectivity index (χ0v) is 11.9. The summed E-state index contributed by atoms with van der Waals surface area (Å²) in [5.74, 6) is -0.584. The first-order chi connectivity index (χ1) is 8.63. The molecule has 2 unspecified atom stereocenters. The molecule has 0 amide bonds. The fourth-order valence-electron chi connectivity index (χ4n) is 1.83. The lowest BCUT2D eigenvalue weighted by atomic mass is 9.94. The van der Waals surface area contributed by atoms with Gasteiger partial charge in [0.1, 0.15) is 5.82 Å². The lowest BCUT2D eigenvalue weighted by Crippen LogP contribution is -2.19. The summed E-state index contributed by atoms with van der Waals surface area (Å²) in [6.07, 6.45) is -0.795. The molecule has 5 heteroatoms. The number of rotatable bonds is 4. The Kier molecular flexibility index (Phi) is 4.50. The Labute approximate surface area is 117 Å². The molecule has 2 nitrogen and oxygen atoms in total. The highest BCUT2D eigenvalue weighted by molar-refractivity contribution is 9.10. The average molecular weight is 330 g/mol. The van der Waals surface area contributed by atoms with E-state index in [1.165, 1.54) is 6.07 Å². The van der Waals surface area contributed by atoms with Gasteiger partial charge in [0.25, 0.3) is 0 Å². The molecule has 0 saturated heterocycles.